The van der Waals surface area contributed by atoms with Gasteiger partial charge < -0.3 is 15.8 Å². The number of hydrogen-bond acceptors (Lipinski definition) is 4. The molecule has 1 aromatic rings. The van der Waals surface area contributed by atoms with Crippen LogP contribution in [0.2, 0.25) is 5.02 Å². The maximum Gasteiger partial charge on any atom is 0.238 e. The molecular formula is C12H16ClN3O2. The van der Waals surface area contributed by atoms with Gasteiger partial charge in [0.2, 0.25) is 5.91 Å². The van der Waals surface area contributed by atoms with Crippen LogP contribution in [0.1, 0.15) is 0 Å². The van der Waals surface area contributed by atoms with Crippen LogP contribution < -0.4 is 11.1 Å². The van der Waals surface area contributed by atoms with Crippen molar-refractivity contribution in [3.05, 3.63) is 23.2 Å². The molecule has 0 unspecified atom stereocenters. The third kappa shape index (κ3) is 3.60. The number of benzene rings is 1. The highest BCUT2D eigenvalue weighted by molar-refractivity contribution is 6.31. The molecule has 5 nitrogen and oxygen atoms in total. The first-order valence-corrected chi connectivity index (χ1v) is 6.18. The first-order valence-electron chi connectivity index (χ1n) is 5.80. The number of carbonyl (C=O) groups is 1. The molecule has 1 aliphatic rings. The molecule has 2 rings (SSSR count). The fourth-order valence-corrected chi connectivity index (χ4v) is 1.96. The maximum atomic E-state index is 11.9. The first kappa shape index (κ1) is 13.1. The number of carbonyl (C=O) groups excluding carboxylic acids is 1. The normalized spacial score (nSPS) is 16.5. The number of nitrogens with two attached hydrogens (primary N) is 1. The molecule has 0 atom stereocenters. The van der Waals surface area contributed by atoms with Gasteiger partial charge in [0.05, 0.1) is 31.1 Å². The van der Waals surface area contributed by atoms with Gasteiger partial charge in [-0.15, -0.1) is 0 Å². The van der Waals surface area contributed by atoms with E-state index < -0.39 is 0 Å². The number of morpholine rings is 1. The minimum absolute atomic E-state index is 0.0918. The van der Waals surface area contributed by atoms with E-state index in [0.29, 0.717) is 36.2 Å². The second-order valence-electron chi connectivity index (χ2n) is 4.17. The van der Waals surface area contributed by atoms with Gasteiger partial charge in [-0.25, -0.2) is 0 Å². The van der Waals surface area contributed by atoms with Crippen molar-refractivity contribution < 1.29 is 9.53 Å². The number of hydrogen-bond donors (Lipinski definition) is 2. The lowest BCUT2D eigenvalue weighted by Gasteiger charge is -2.25. The van der Waals surface area contributed by atoms with Crippen LogP contribution in [-0.2, 0) is 9.53 Å². The van der Waals surface area contributed by atoms with E-state index in [1.54, 1.807) is 18.2 Å². The van der Waals surface area contributed by atoms with Crippen LogP contribution in [0.15, 0.2) is 18.2 Å². The lowest BCUT2D eigenvalue weighted by Crippen LogP contribution is -2.41. The quantitative estimate of drug-likeness (QED) is 0.809. The summed E-state index contributed by atoms with van der Waals surface area (Å²) >= 11 is 5.86. The molecule has 0 radical (unpaired) electrons. The fraction of sp³-hybridized carbons (Fsp3) is 0.417. The van der Waals surface area contributed by atoms with E-state index in [1.807, 2.05) is 4.90 Å². The zero-order valence-electron chi connectivity index (χ0n) is 9.99. The van der Waals surface area contributed by atoms with Gasteiger partial charge in [-0.3, -0.25) is 9.69 Å². The van der Waals surface area contributed by atoms with Gasteiger partial charge >= 0.3 is 0 Å². The van der Waals surface area contributed by atoms with Crippen LogP contribution in [0, 0.1) is 0 Å². The van der Waals surface area contributed by atoms with Crippen LogP contribution in [-0.4, -0.2) is 43.7 Å². The molecule has 1 amide bonds. The second-order valence-corrected chi connectivity index (χ2v) is 4.60. The van der Waals surface area contributed by atoms with E-state index in [1.165, 1.54) is 0 Å². The Kier molecular flexibility index (Phi) is 4.41. The van der Waals surface area contributed by atoms with Gasteiger partial charge in [0.15, 0.2) is 0 Å². The Bertz CT molecular complexity index is 433. The smallest absolute Gasteiger partial charge is 0.238 e. The standard InChI is InChI=1S/C12H16ClN3O2/c13-9-1-2-10(14)11(7-9)15-12(17)8-16-3-5-18-6-4-16/h1-2,7H,3-6,8,14H2,(H,15,17). The Labute approximate surface area is 111 Å². The summed E-state index contributed by atoms with van der Waals surface area (Å²) in [6.45, 7) is 3.24. The molecule has 0 saturated carbocycles. The van der Waals surface area contributed by atoms with Crippen molar-refractivity contribution in [2.75, 3.05) is 43.9 Å². The Morgan fingerprint density at radius 2 is 2.17 bits per heavy atom. The van der Waals surface area contributed by atoms with Crippen molar-refractivity contribution in [2.45, 2.75) is 0 Å². The van der Waals surface area contributed by atoms with Crippen LogP contribution in [0.25, 0.3) is 0 Å². The minimum Gasteiger partial charge on any atom is -0.397 e. The Morgan fingerprint density at radius 1 is 1.44 bits per heavy atom. The largest absolute Gasteiger partial charge is 0.397 e. The summed E-state index contributed by atoms with van der Waals surface area (Å²) < 4.78 is 5.22. The van der Waals surface area contributed by atoms with Crippen LogP contribution in [0.4, 0.5) is 11.4 Å². The third-order valence-corrected chi connectivity index (χ3v) is 3.00. The van der Waals surface area contributed by atoms with Gasteiger partial charge in [-0.1, -0.05) is 11.6 Å². The van der Waals surface area contributed by atoms with Crippen molar-refractivity contribution >= 4 is 28.9 Å². The lowest BCUT2D eigenvalue weighted by atomic mass is 10.2. The highest BCUT2D eigenvalue weighted by Gasteiger charge is 2.14. The molecule has 6 heteroatoms. The number of amides is 1. The van der Waals surface area contributed by atoms with E-state index in [2.05, 4.69) is 5.32 Å². The highest BCUT2D eigenvalue weighted by Crippen LogP contribution is 2.22. The van der Waals surface area contributed by atoms with E-state index in [-0.39, 0.29) is 5.91 Å². The summed E-state index contributed by atoms with van der Waals surface area (Å²) in [7, 11) is 0. The monoisotopic (exact) mass is 269 g/mol. The minimum atomic E-state index is -0.0918. The molecule has 98 valence electrons. The fourth-order valence-electron chi connectivity index (χ4n) is 1.79. The number of ether oxygens (including phenoxy) is 1. The number of nitrogens with one attached hydrogen (secondary N) is 1. The van der Waals surface area contributed by atoms with Crippen LogP contribution >= 0.6 is 11.6 Å². The Balaban J connectivity index is 1.92. The van der Waals surface area contributed by atoms with Gasteiger partial charge in [0.1, 0.15) is 0 Å². The van der Waals surface area contributed by atoms with E-state index in [9.17, 15) is 4.79 Å². The van der Waals surface area contributed by atoms with Crippen molar-refractivity contribution in [1.29, 1.82) is 0 Å². The summed E-state index contributed by atoms with van der Waals surface area (Å²) in [5, 5.41) is 3.31. The van der Waals surface area contributed by atoms with Gasteiger partial charge in [-0.2, -0.15) is 0 Å². The molecule has 3 N–H and O–H groups in total. The van der Waals surface area contributed by atoms with Crippen molar-refractivity contribution in [2.24, 2.45) is 0 Å². The van der Waals surface area contributed by atoms with Crippen LogP contribution in [0.5, 0.6) is 0 Å². The average Bonchev–Trinajstić information content (AvgIpc) is 2.35. The predicted molar refractivity (Wildman–Crippen MR) is 71.8 cm³/mol. The summed E-state index contributed by atoms with van der Waals surface area (Å²) in [4.78, 5) is 13.9. The summed E-state index contributed by atoms with van der Waals surface area (Å²) in [6, 6.07) is 5.01. The highest BCUT2D eigenvalue weighted by atomic mass is 35.5. The summed E-state index contributed by atoms with van der Waals surface area (Å²) in [5.41, 5.74) is 6.83. The topological polar surface area (TPSA) is 67.6 Å². The molecule has 1 heterocycles. The molecule has 0 spiro atoms. The lowest BCUT2D eigenvalue weighted by molar-refractivity contribution is -0.118. The first-order chi connectivity index (χ1) is 8.65. The molecule has 0 aliphatic carbocycles. The molecule has 18 heavy (non-hydrogen) atoms. The molecule has 0 aromatic heterocycles. The summed E-state index contributed by atoms with van der Waals surface area (Å²) in [6.07, 6.45) is 0. The number of rotatable bonds is 3. The molecule has 0 bridgehead atoms. The number of halogens is 1. The van der Waals surface area contributed by atoms with Crippen LogP contribution in [0.3, 0.4) is 0 Å². The number of nitrogen functional groups attached to an aromatic ring is 1. The van der Waals surface area contributed by atoms with Crippen molar-refractivity contribution in [3.63, 3.8) is 0 Å². The van der Waals surface area contributed by atoms with E-state index >= 15 is 0 Å². The number of nitrogens with zero attached hydrogens (tertiary/aromatic N) is 1. The Morgan fingerprint density at radius 3 is 2.89 bits per heavy atom. The molecule has 1 saturated heterocycles. The van der Waals surface area contributed by atoms with E-state index in [4.69, 9.17) is 22.1 Å². The van der Waals surface area contributed by atoms with E-state index in [0.717, 1.165) is 13.1 Å². The third-order valence-electron chi connectivity index (χ3n) is 2.76. The maximum absolute atomic E-state index is 11.9. The second kappa shape index (κ2) is 6.04. The summed E-state index contributed by atoms with van der Waals surface area (Å²) in [5.74, 6) is -0.0918. The molecule has 1 aliphatic heterocycles. The van der Waals surface area contributed by atoms with Gasteiger partial charge in [0.25, 0.3) is 0 Å². The zero-order chi connectivity index (χ0) is 13.0. The van der Waals surface area contributed by atoms with Gasteiger partial charge in [0, 0.05) is 18.1 Å². The SMILES string of the molecule is Nc1ccc(Cl)cc1NC(=O)CN1CCOCC1. The van der Waals surface area contributed by atoms with Gasteiger partial charge in [-0.05, 0) is 18.2 Å². The van der Waals surface area contributed by atoms with Crippen molar-refractivity contribution in [3.8, 4) is 0 Å². The number of anilines is 2. The average molecular weight is 270 g/mol. The molecular weight excluding hydrogens is 254 g/mol. The van der Waals surface area contributed by atoms with Crippen molar-refractivity contribution in [1.82, 2.24) is 4.90 Å². The zero-order valence-corrected chi connectivity index (χ0v) is 10.7. The molecule has 1 aromatic carbocycles. The predicted octanol–water partition coefficient (Wildman–Crippen LogP) is 1.19. The Hall–Kier alpha value is -1.30. The molecule has 1 fully saturated rings.